The van der Waals surface area contributed by atoms with E-state index in [9.17, 15) is 9.59 Å². The highest BCUT2D eigenvalue weighted by atomic mass is 16.5. The molecule has 0 fully saturated rings. The topological polar surface area (TPSA) is 127 Å². The molecular weight excluding hydrogens is 204 g/mol. The lowest BCUT2D eigenvalue weighted by molar-refractivity contribution is -0.137. The van der Waals surface area contributed by atoms with E-state index < -0.39 is 18.0 Å². The SMILES string of the molecule is Cc1onc(C(=O)O)c1C(N)CC(=O)O. The van der Waals surface area contributed by atoms with Gasteiger partial charge in [-0.25, -0.2) is 4.79 Å². The van der Waals surface area contributed by atoms with Crippen molar-refractivity contribution >= 4 is 11.9 Å². The fraction of sp³-hybridized carbons (Fsp3) is 0.375. The second-order valence-corrected chi connectivity index (χ2v) is 3.01. The van der Waals surface area contributed by atoms with Crippen molar-refractivity contribution in [2.75, 3.05) is 0 Å². The maximum Gasteiger partial charge on any atom is 0.358 e. The number of aliphatic carboxylic acids is 1. The zero-order chi connectivity index (χ0) is 11.6. The van der Waals surface area contributed by atoms with Crippen molar-refractivity contribution in [1.82, 2.24) is 5.16 Å². The molecule has 0 aromatic carbocycles. The van der Waals surface area contributed by atoms with E-state index in [1.165, 1.54) is 6.92 Å². The average molecular weight is 214 g/mol. The number of nitrogens with two attached hydrogens (primary N) is 1. The Morgan fingerprint density at radius 2 is 2.13 bits per heavy atom. The molecule has 1 aromatic rings. The monoisotopic (exact) mass is 214 g/mol. The Bertz CT molecular complexity index is 398. The van der Waals surface area contributed by atoms with Crippen LogP contribution in [0.5, 0.6) is 0 Å². The smallest absolute Gasteiger partial charge is 0.358 e. The van der Waals surface area contributed by atoms with Crippen molar-refractivity contribution in [3.63, 3.8) is 0 Å². The predicted octanol–water partition coefficient (Wildman–Crippen LogP) is 0.156. The van der Waals surface area contributed by atoms with Crippen LogP contribution in [0.3, 0.4) is 0 Å². The summed E-state index contributed by atoms with van der Waals surface area (Å²) >= 11 is 0. The van der Waals surface area contributed by atoms with Crippen LogP contribution in [0.2, 0.25) is 0 Å². The van der Waals surface area contributed by atoms with E-state index in [-0.39, 0.29) is 23.4 Å². The van der Waals surface area contributed by atoms with Gasteiger partial charge in [-0.05, 0) is 6.92 Å². The van der Waals surface area contributed by atoms with E-state index in [1.807, 2.05) is 0 Å². The van der Waals surface area contributed by atoms with Crippen LogP contribution in [0.4, 0.5) is 0 Å². The molecule has 0 amide bonds. The third kappa shape index (κ3) is 2.32. The largest absolute Gasteiger partial charge is 0.481 e. The predicted molar refractivity (Wildman–Crippen MR) is 47.4 cm³/mol. The lowest BCUT2D eigenvalue weighted by Crippen LogP contribution is -2.18. The molecule has 1 unspecified atom stereocenters. The molecule has 1 aromatic heterocycles. The molecule has 4 N–H and O–H groups in total. The van der Waals surface area contributed by atoms with Crippen molar-refractivity contribution in [2.24, 2.45) is 5.73 Å². The van der Waals surface area contributed by atoms with Gasteiger partial charge in [-0.2, -0.15) is 0 Å². The lowest BCUT2D eigenvalue weighted by atomic mass is 10.0. The molecule has 1 heterocycles. The molecule has 1 atom stereocenters. The highest BCUT2D eigenvalue weighted by Gasteiger charge is 2.25. The molecule has 7 heteroatoms. The minimum atomic E-state index is -1.29. The third-order valence-electron chi connectivity index (χ3n) is 1.88. The normalized spacial score (nSPS) is 12.4. The fourth-order valence-electron chi connectivity index (χ4n) is 1.26. The Labute approximate surface area is 84.5 Å². The van der Waals surface area contributed by atoms with Gasteiger partial charge in [0.2, 0.25) is 0 Å². The van der Waals surface area contributed by atoms with Crippen LogP contribution in [-0.4, -0.2) is 27.3 Å². The maximum atomic E-state index is 10.7. The summed E-state index contributed by atoms with van der Waals surface area (Å²) in [6.45, 7) is 1.48. The number of aromatic carboxylic acids is 1. The maximum absolute atomic E-state index is 10.7. The van der Waals surface area contributed by atoms with Gasteiger partial charge in [0.15, 0.2) is 5.69 Å². The summed E-state index contributed by atoms with van der Waals surface area (Å²) in [5, 5.41) is 20.6. The summed E-state index contributed by atoms with van der Waals surface area (Å²) in [5.41, 5.74) is 5.33. The molecule has 82 valence electrons. The minimum absolute atomic E-state index is 0.130. The van der Waals surface area contributed by atoms with Gasteiger partial charge < -0.3 is 20.5 Å². The van der Waals surface area contributed by atoms with Crippen molar-refractivity contribution < 1.29 is 24.3 Å². The molecule has 15 heavy (non-hydrogen) atoms. The van der Waals surface area contributed by atoms with Crippen LogP contribution >= 0.6 is 0 Å². The molecule has 1 rings (SSSR count). The molecule has 7 nitrogen and oxygen atoms in total. The Balaban J connectivity index is 3.05. The third-order valence-corrected chi connectivity index (χ3v) is 1.88. The number of hydrogen-bond acceptors (Lipinski definition) is 5. The van der Waals surface area contributed by atoms with Crippen molar-refractivity contribution in [1.29, 1.82) is 0 Å². The quantitative estimate of drug-likeness (QED) is 0.651. The van der Waals surface area contributed by atoms with Gasteiger partial charge >= 0.3 is 11.9 Å². The second kappa shape index (κ2) is 4.09. The standard InChI is InChI=1S/C8H10N2O5/c1-3-6(4(9)2-5(11)12)7(8(13)14)10-15-3/h4H,2,9H2,1H3,(H,11,12)(H,13,14). The average Bonchev–Trinajstić information content (AvgIpc) is 2.45. The summed E-state index contributed by atoms with van der Waals surface area (Å²) in [5.74, 6) is -2.18. The number of aryl methyl sites for hydroxylation is 1. The van der Waals surface area contributed by atoms with E-state index in [0.717, 1.165) is 0 Å². The number of carbonyl (C=O) groups is 2. The highest BCUT2D eigenvalue weighted by Crippen LogP contribution is 2.22. The Hall–Kier alpha value is -1.89. The molecule has 0 aliphatic heterocycles. The van der Waals surface area contributed by atoms with Crippen LogP contribution in [0.15, 0.2) is 4.52 Å². The fourth-order valence-corrected chi connectivity index (χ4v) is 1.26. The van der Waals surface area contributed by atoms with E-state index in [4.69, 9.17) is 15.9 Å². The molecule has 0 aliphatic carbocycles. The van der Waals surface area contributed by atoms with E-state index in [1.54, 1.807) is 0 Å². The van der Waals surface area contributed by atoms with E-state index in [2.05, 4.69) is 9.68 Å². The number of hydrogen-bond donors (Lipinski definition) is 3. The zero-order valence-electron chi connectivity index (χ0n) is 7.93. The molecule has 0 aliphatic rings. The Morgan fingerprint density at radius 3 is 2.60 bits per heavy atom. The number of carboxylic acids is 2. The zero-order valence-corrected chi connectivity index (χ0v) is 7.93. The summed E-state index contributed by atoms with van der Waals surface area (Å²) in [6.07, 6.45) is -0.373. The molecular formula is C8H10N2O5. The van der Waals surface area contributed by atoms with E-state index >= 15 is 0 Å². The summed E-state index contributed by atoms with van der Waals surface area (Å²) in [7, 11) is 0. The van der Waals surface area contributed by atoms with Crippen molar-refractivity contribution in [3.8, 4) is 0 Å². The highest BCUT2D eigenvalue weighted by molar-refractivity contribution is 5.87. The van der Waals surface area contributed by atoms with E-state index in [0.29, 0.717) is 0 Å². The Morgan fingerprint density at radius 1 is 1.53 bits per heavy atom. The molecule has 0 saturated carbocycles. The summed E-state index contributed by atoms with van der Waals surface area (Å²) in [4.78, 5) is 21.1. The number of nitrogens with zero attached hydrogens (tertiary/aromatic N) is 1. The van der Waals surface area contributed by atoms with Gasteiger partial charge in [-0.3, -0.25) is 4.79 Å². The first-order valence-corrected chi connectivity index (χ1v) is 4.10. The van der Waals surface area contributed by atoms with Gasteiger partial charge in [0.25, 0.3) is 0 Å². The molecule has 0 radical (unpaired) electrons. The number of aromatic nitrogens is 1. The first-order valence-electron chi connectivity index (χ1n) is 4.10. The van der Waals surface area contributed by atoms with Gasteiger partial charge in [0.1, 0.15) is 5.76 Å². The van der Waals surface area contributed by atoms with Gasteiger partial charge in [0, 0.05) is 11.6 Å². The molecule has 0 saturated heterocycles. The second-order valence-electron chi connectivity index (χ2n) is 3.01. The van der Waals surface area contributed by atoms with Crippen LogP contribution in [0.1, 0.15) is 34.3 Å². The lowest BCUT2D eigenvalue weighted by Gasteiger charge is -2.07. The first-order chi connectivity index (χ1) is 6.93. The number of carboxylic acid groups (broad SMARTS) is 2. The van der Waals surface area contributed by atoms with Crippen LogP contribution in [0, 0.1) is 6.92 Å². The van der Waals surface area contributed by atoms with Crippen molar-refractivity contribution in [3.05, 3.63) is 17.0 Å². The summed E-state index contributed by atoms with van der Waals surface area (Å²) < 4.78 is 4.66. The van der Waals surface area contributed by atoms with Crippen LogP contribution in [-0.2, 0) is 4.79 Å². The van der Waals surface area contributed by atoms with Crippen molar-refractivity contribution in [2.45, 2.75) is 19.4 Å². The summed E-state index contributed by atoms with van der Waals surface area (Å²) in [6, 6.07) is -0.931. The molecule has 0 bridgehead atoms. The molecule has 0 spiro atoms. The van der Waals surface area contributed by atoms with Gasteiger partial charge in [-0.1, -0.05) is 5.16 Å². The minimum Gasteiger partial charge on any atom is -0.481 e. The number of rotatable bonds is 4. The van der Waals surface area contributed by atoms with Crippen LogP contribution < -0.4 is 5.73 Å². The Kier molecular flexibility index (Phi) is 3.05. The first kappa shape index (κ1) is 11.2. The van der Waals surface area contributed by atoms with Gasteiger partial charge in [0.05, 0.1) is 6.42 Å². The van der Waals surface area contributed by atoms with Crippen LogP contribution in [0.25, 0.3) is 0 Å². The van der Waals surface area contributed by atoms with Gasteiger partial charge in [-0.15, -0.1) is 0 Å².